The van der Waals surface area contributed by atoms with Crippen molar-refractivity contribution in [3.63, 3.8) is 0 Å². The molecular formula is C2H7CaMg2O5+. The zero-order valence-electron chi connectivity index (χ0n) is 6.78. The van der Waals surface area contributed by atoms with Crippen LogP contribution in [0.1, 0.15) is 1.43 Å². The van der Waals surface area contributed by atoms with E-state index in [0.29, 0.717) is 0 Å². The summed E-state index contributed by atoms with van der Waals surface area (Å²) in [5.74, 6) is 0. The minimum atomic E-state index is 0. The van der Waals surface area contributed by atoms with E-state index in [1.807, 2.05) is 0 Å². The first kappa shape index (κ1) is 57.0. The Kier molecular flexibility index (Phi) is 381. The molecule has 0 saturated carbocycles. The zero-order chi connectivity index (χ0) is 3.41. The quantitative estimate of drug-likeness (QED) is 0.242. The van der Waals surface area contributed by atoms with Crippen LogP contribution in [0.15, 0.2) is 0 Å². The van der Waals surface area contributed by atoms with Gasteiger partial charge in [0.15, 0.2) is 0 Å². The van der Waals surface area contributed by atoms with Crippen LogP contribution in [0.3, 0.4) is 0 Å². The molecule has 0 amide bonds. The third-order valence-electron chi connectivity index (χ3n) is 0.0373. The SMILES string of the molecule is O=[C-]OO.[CH3-].[Ca+2].[H-].[Mg+2].[Mg+2].[OH-].[OH-]. The molecule has 0 fully saturated rings. The fraction of sp³-hybridized carbons (Fsp3) is 0. The third-order valence-corrected chi connectivity index (χ3v) is 0.0373. The summed E-state index contributed by atoms with van der Waals surface area (Å²) >= 11 is 0. The fourth-order valence-corrected chi connectivity index (χ4v) is 0. The summed E-state index contributed by atoms with van der Waals surface area (Å²) in [4.78, 5) is 11.3. The van der Waals surface area contributed by atoms with Crippen LogP contribution in [-0.2, 0) is 9.68 Å². The van der Waals surface area contributed by atoms with Crippen molar-refractivity contribution in [2.45, 2.75) is 0 Å². The number of carbonyl (C=O) groups excluding carboxylic acids is 1. The summed E-state index contributed by atoms with van der Waals surface area (Å²) in [7, 11) is 0. The van der Waals surface area contributed by atoms with Crippen molar-refractivity contribution in [2.75, 3.05) is 0 Å². The van der Waals surface area contributed by atoms with Crippen LogP contribution in [0.5, 0.6) is 0 Å². The van der Waals surface area contributed by atoms with Crippen LogP contribution in [0.2, 0.25) is 0 Å². The molecule has 5 nitrogen and oxygen atoms in total. The molecule has 0 aliphatic rings. The predicted molar refractivity (Wildman–Crippen MR) is 38.1 cm³/mol. The van der Waals surface area contributed by atoms with Crippen molar-refractivity contribution >= 4 is 90.3 Å². The Morgan fingerprint density at radius 2 is 1.40 bits per heavy atom. The fourth-order valence-electron chi connectivity index (χ4n) is 0. The summed E-state index contributed by atoms with van der Waals surface area (Å²) in [5.41, 5.74) is 0. The Balaban J connectivity index is -0.00000000214. The van der Waals surface area contributed by atoms with E-state index < -0.39 is 0 Å². The van der Waals surface area contributed by atoms with Gasteiger partial charge in [0.2, 0.25) is 0 Å². The predicted octanol–water partition coefficient (Wildman–Crippen LogP) is -1.39. The van der Waals surface area contributed by atoms with Gasteiger partial charge >= 0.3 is 83.8 Å². The molecule has 0 aliphatic carbocycles. The molecule has 0 saturated heterocycles. The van der Waals surface area contributed by atoms with Gasteiger partial charge in [-0.05, 0) is 6.47 Å². The Labute approximate surface area is 123 Å². The van der Waals surface area contributed by atoms with Gasteiger partial charge in [0, 0.05) is 0 Å². The second kappa shape index (κ2) is 66.8. The van der Waals surface area contributed by atoms with Gasteiger partial charge in [-0.1, -0.05) is 0 Å². The van der Waals surface area contributed by atoms with Gasteiger partial charge in [-0.25, -0.2) is 5.26 Å². The molecule has 0 aliphatic heterocycles. The van der Waals surface area contributed by atoms with E-state index in [4.69, 9.17) is 10.1 Å². The molecule has 0 unspecified atom stereocenters. The largest absolute Gasteiger partial charge is 2.00 e. The molecule has 0 bridgehead atoms. The Morgan fingerprint density at radius 1 is 1.30 bits per heavy atom. The van der Waals surface area contributed by atoms with Crippen molar-refractivity contribution in [3.05, 3.63) is 7.43 Å². The normalized spacial score (nSPS) is 2.10. The third kappa shape index (κ3) is 85.9. The van der Waals surface area contributed by atoms with Crippen molar-refractivity contribution < 1.29 is 27.3 Å². The molecule has 10 heavy (non-hydrogen) atoms. The summed E-state index contributed by atoms with van der Waals surface area (Å²) in [6.45, 7) is 0.736. The average Bonchev–Trinajstić information content (AvgIpc) is 1.37. The minimum absolute atomic E-state index is 0. The monoisotopic (exact) mass is 199 g/mol. The zero-order valence-corrected chi connectivity index (χ0v) is 10.8. The maximum absolute atomic E-state index is 8.58. The molecule has 0 aromatic carbocycles. The van der Waals surface area contributed by atoms with Crippen LogP contribution in [0.4, 0.5) is 0 Å². The molecule has 0 aromatic heterocycles. The van der Waals surface area contributed by atoms with Crippen molar-refractivity contribution in [1.29, 1.82) is 0 Å². The van der Waals surface area contributed by atoms with Gasteiger partial charge in [-0.3, -0.25) is 0 Å². The van der Waals surface area contributed by atoms with E-state index >= 15 is 0 Å². The second-order valence-corrected chi connectivity index (χ2v) is 0.175. The molecule has 0 radical (unpaired) electrons. The molecular weight excluding hydrogens is 193 g/mol. The smallest absolute Gasteiger partial charge is 1.00 e. The topological polar surface area (TPSA) is 107 Å². The van der Waals surface area contributed by atoms with E-state index in [1.54, 1.807) is 0 Å². The van der Waals surface area contributed by atoms with Crippen molar-refractivity contribution in [3.8, 4) is 0 Å². The standard InChI is InChI=1S/CHO3.CH3.Ca.2Mg.2H2O.H/c2-1-4-3;;;;;;;/h3H;1H3;;;;2*1H2;/q2*-1;3*+2;;;-1/p-2. The molecule has 0 spiro atoms. The maximum Gasteiger partial charge on any atom is 2.00 e. The van der Waals surface area contributed by atoms with Gasteiger partial charge in [-0.15, -0.1) is 0 Å². The summed E-state index contributed by atoms with van der Waals surface area (Å²) in [6.07, 6.45) is 0. The van der Waals surface area contributed by atoms with E-state index in [2.05, 4.69) is 4.89 Å². The average molecular weight is 200 g/mol. The molecule has 3 N–H and O–H groups in total. The van der Waals surface area contributed by atoms with Gasteiger partial charge in [0.25, 0.3) is 0 Å². The number of rotatable bonds is 1. The van der Waals surface area contributed by atoms with Gasteiger partial charge < -0.3 is 29.5 Å². The minimum Gasteiger partial charge on any atom is -1.00 e. The van der Waals surface area contributed by atoms with Gasteiger partial charge in [0.05, 0.1) is 0 Å². The van der Waals surface area contributed by atoms with Crippen molar-refractivity contribution in [2.24, 2.45) is 0 Å². The molecule has 50 valence electrons. The van der Waals surface area contributed by atoms with E-state index in [1.165, 1.54) is 0 Å². The Hall–Kier alpha value is 2.14. The summed E-state index contributed by atoms with van der Waals surface area (Å²) < 4.78 is 0. The van der Waals surface area contributed by atoms with Crippen LogP contribution in [-0.4, -0.2) is 107 Å². The molecule has 0 aromatic rings. The van der Waals surface area contributed by atoms with Crippen LogP contribution in [0.25, 0.3) is 0 Å². The second-order valence-electron chi connectivity index (χ2n) is 0.175. The first-order valence-corrected chi connectivity index (χ1v) is 0.591. The van der Waals surface area contributed by atoms with Crippen molar-refractivity contribution in [1.82, 2.24) is 0 Å². The number of hydrogen-bond donors (Lipinski definition) is 1. The van der Waals surface area contributed by atoms with E-state index in [0.717, 1.165) is 6.47 Å². The molecule has 0 rings (SSSR count). The van der Waals surface area contributed by atoms with Crippen LogP contribution in [0, 0.1) is 7.43 Å². The Morgan fingerprint density at radius 3 is 1.40 bits per heavy atom. The summed E-state index contributed by atoms with van der Waals surface area (Å²) in [5, 5.41) is 6.95. The van der Waals surface area contributed by atoms with E-state index in [9.17, 15) is 0 Å². The molecule has 0 atom stereocenters. The Bertz CT molecular complexity index is 36.4. The van der Waals surface area contributed by atoms with Gasteiger partial charge in [0.1, 0.15) is 0 Å². The first-order chi connectivity index (χ1) is 1.91. The van der Waals surface area contributed by atoms with Crippen LogP contribution < -0.4 is 0 Å². The molecule has 8 heteroatoms. The van der Waals surface area contributed by atoms with Crippen LogP contribution >= 0.6 is 0 Å². The van der Waals surface area contributed by atoms with Gasteiger partial charge in [-0.2, -0.15) is 0 Å². The first-order valence-electron chi connectivity index (χ1n) is 0.591. The number of hydrogen-bond acceptors (Lipinski definition) is 5. The van der Waals surface area contributed by atoms with E-state index in [-0.39, 0.29) is 104 Å². The summed E-state index contributed by atoms with van der Waals surface area (Å²) in [6, 6.07) is 0. The molecule has 0 heterocycles. The maximum atomic E-state index is 8.58.